The quantitative estimate of drug-likeness (QED) is 0.489. The number of alkyl halides is 1. The number of methoxy groups -OCH3 is 1. The molecule has 0 radical (unpaired) electrons. The molecule has 0 aliphatic heterocycles. The maximum absolute atomic E-state index is 5.67. The zero-order valence-corrected chi connectivity index (χ0v) is 7.66. The largest absolute Gasteiger partial charge is 0.383 e. The Kier molecular flexibility index (Phi) is 5.04. The van der Waals surface area contributed by atoms with Gasteiger partial charge < -0.3 is 10.1 Å². The van der Waals surface area contributed by atoms with Crippen LogP contribution in [0.25, 0.3) is 0 Å². The summed E-state index contributed by atoms with van der Waals surface area (Å²) in [6.45, 7) is 5.72. The average Bonchev–Trinajstić information content (AvgIpc) is 1.89. The van der Waals surface area contributed by atoms with Crippen molar-refractivity contribution in [1.82, 2.24) is 5.32 Å². The molecule has 0 aliphatic rings. The first kappa shape index (κ1) is 10.2. The normalized spacial score (nSPS) is 12.0. The van der Waals surface area contributed by atoms with Crippen LogP contribution < -0.4 is 5.32 Å². The topological polar surface area (TPSA) is 21.3 Å². The summed E-state index contributed by atoms with van der Waals surface area (Å²) in [6.07, 6.45) is 0. The van der Waals surface area contributed by atoms with E-state index in [1.165, 1.54) is 0 Å². The summed E-state index contributed by atoms with van der Waals surface area (Å²) in [7, 11) is 1.69. The van der Waals surface area contributed by atoms with Gasteiger partial charge in [-0.05, 0) is 13.8 Å². The Balaban J connectivity index is 3.28. The Morgan fingerprint density at radius 3 is 2.50 bits per heavy atom. The minimum absolute atomic E-state index is 0.0279. The van der Waals surface area contributed by atoms with Crippen molar-refractivity contribution >= 4 is 11.6 Å². The van der Waals surface area contributed by atoms with E-state index in [4.69, 9.17) is 16.3 Å². The Morgan fingerprint density at radius 1 is 1.50 bits per heavy atom. The molecule has 2 nitrogen and oxygen atoms in total. The molecule has 0 heterocycles. The molecule has 0 rings (SSSR count). The lowest BCUT2D eigenvalue weighted by atomic mass is 10.1. The first-order valence-electron chi connectivity index (χ1n) is 3.42. The van der Waals surface area contributed by atoms with Gasteiger partial charge >= 0.3 is 0 Å². The summed E-state index contributed by atoms with van der Waals surface area (Å²) in [5.74, 6) is 0.622. The molecule has 0 atom stereocenters. The number of hydrogen-bond acceptors (Lipinski definition) is 2. The van der Waals surface area contributed by atoms with Crippen molar-refractivity contribution in [2.24, 2.45) is 0 Å². The molecule has 1 N–H and O–H groups in total. The van der Waals surface area contributed by atoms with Gasteiger partial charge in [-0.25, -0.2) is 0 Å². The third-order valence-electron chi connectivity index (χ3n) is 1.24. The molecule has 0 amide bonds. The molecule has 0 aromatic rings. The van der Waals surface area contributed by atoms with E-state index < -0.39 is 0 Å². The average molecular weight is 166 g/mol. The summed E-state index contributed by atoms with van der Waals surface area (Å²) in [4.78, 5) is 0. The number of rotatable bonds is 5. The van der Waals surface area contributed by atoms with E-state index in [9.17, 15) is 0 Å². The van der Waals surface area contributed by atoms with Crippen LogP contribution in [0, 0.1) is 0 Å². The smallest absolute Gasteiger partial charge is 0.0587 e. The zero-order chi connectivity index (χ0) is 8.04. The lowest BCUT2D eigenvalue weighted by Crippen LogP contribution is -2.42. The number of ether oxygens (including phenoxy) is 1. The molecule has 0 aromatic heterocycles. The van der Waals surface area contributed by atoms with Crippen molar-refractivity contribution in [3.8, 4) is 0 Å². The predicted octanol–water partition coefficient (Wildman–Crippen LogP) is 1.24. The van der Waals surface area contributed by atoms with E-state index in [0.29, 0.717) is 5.88 Å². The summed E-state index contributed by atoms with van der Waals surface area (Å²) in [5, 5.41) is 3.25. The van der Waals surface area contributed by atoms with Gasteiger partial charge in [-0.2, -0.15) is 0 Å². The number of halogens is 1. The Labute approximate surface area is 67.9 Å². The SMILES string of the molecule is COCCNC(C)(C)CCl. The second-order valence-corrected chi connectivity index (χ2v) is 3.20. The lowest BCUT2D eigenvalue weighted by Gasteiger charge is -2.22. The molecule has 0 bridgehead atoms. The van der Waals surface area contributed by atoms with Crippen LogP contribution in [0.2, 0.25) is 0 Å². The molecule has 0 aromatic carbocycles. The van der Waals surface area contributed by atoms with Crippen molar-refractivity contribution in [3.05, 3.63) is 0 Å². The molecule has 3 heteroatoms. The van der Waals surface area contributed by atoms with Crippen LogP contribution in [-0.4, -0.2) is 31.7 Å². The third-order valence-corrected chi connectivity index (χ3v) is 1.91. The van der Waals surface area contributed by atoms with Crippen LogP contribution in [0.1, 0.15) is 13.8 Å². The van der Waals surface area contributed by atoms with Gasteiger partial charge in [0.25, 0.3) is 0 Å². The second kappa shape index (κ2) is 4.94. The molecule has 0 aliphatic carbocycles. The minimum Gasteiger partial charge on any atom is -0.383 e. The van der Waals surface area contributed by atoms with E-state index in [1.54, 1.807) is 7.11 Å². The highest BCUT2D eigenvalue weighted by Gasteiger charge is 2.13. The number of hydrogen-bond donors (Lipinski definition) is 1. The molecule has 62 valence electrons. The van der Waals surface area contributed by atoms with Crippen LogP contribution in [0.15, 0.2) is 0 Å². The van der Waals surface area contributed by atoms with Crippen molar-refractivity contribution in [1.29, 1.82) is 0 Å². The van der Waals surface area contributed by atoms with Crippen LogP contribution in [-0.2, 0) is 4.74 Å². The van der Waals surface area contributed by atoms with Gasteiger partial charge in [-0.15, -0.1) is 11.6 Å². The minimum atomic E-state index is 0.0279. The zero-order valence-electron chi connectivity index (χ0n) is 6.91. The van der Waals surface area contributed by atoms with Gasteiger partial charge in [0.15, 0.2) is 0 Å². The Morgan fingerprint density at radius 2 is 2.10 bits per heavy atom. The number of nitrogens with one attached hydrogen (secondary N) is 1. The van der Waals surface area contributed by atoms with Crippen molar-refractivity contribution < 1.29 is 4.74 Å². The van der Waals surface area contributed by atoms with Crippen molar-refractivity contribution in [2.45, 2.75) is 19.4 Å². The van der Waals surface area contributed by atoms with E-state index in [1.807, 2.05) is 0 Å². The summed E-state index contributed by atoms with van der Waals surface area (Å²) < 4.78 is 4.88. The monoisotopic (exact) mass is 165 g/mol. The Hall–Kier alpha value is 0.210. The standard InChI is InChI=1S/C7H16ClNO/c1-7(2,6-8)9-4-5-10-3/h9H,4-6H2,1-3H3. The molecular weight excluding hydrogens is 150 g/mol. The first-order chi connectivity index (χ1) is 4.62. The third kappa shape index (κ3) is 5.03. The van der Waals surface area contributed by atoms with E-state index in [0.717, 1.165) is 13.2 Å². The first-order valence-corrected chi connectivity index (χ1v) is 3.96. The molecule has 0 saturated heterocycles. The molecule has 10 heavy (non-hydrogen) atoms. The summed E-state index contributed by atoms with van der Waals surface area (Å²) >= 11 is 5.67. The van der Waals surface area contributed by atoms with Crippen LogP contribution >= 0.6 is 11.6 Å². The van der Waals surface area contributed by atoms with E-state index in [-0.39, 0.29) is 5.54 Å². The van der Waals surface area contributed by atoms with Crippen LogP contribution in [0.3, 0.4) is 0 Å². The second-order valence-electron chi connectivity index (χ2n) is 2.94. The Bertz CT molecular complexity index is 85.7. The van der Waals surface area contributed by atoms with Gasteiger partial charge in [-0.1, -0.05) is 0 Å². The predicted molar refractivity (Wildman–Crippen MR) is 44.7 cm³/mol. The fraction of sp³-hybridized carbons (Fsp3) is 1.00. The highest BCUT2D eigenvalue weighted by molar-refractivity contribution is 6.18. The molecular formula is C7H16ClNO. The van der Waals surface area contributed by atoms with Gasteiger partial charge in [-0.3, -0.25) is 0 Å². The molecule has 0 unspecified atom stereocenters. The van der Waals surface area contributed by atoms with Crippen molar-refractivity contribution in [2.75, 3.05) is 26.1 Å². The molecule has 0 spiro atoms. The van der Waals surface area contributed by atoms with Crippen molar-refractivity contribution in [3.63, 3.8) is 0 Å². The van der Waals surface area contributed by atoms with E-state index in [2.05, 4.69) is 19.2 Å². The fourth-order valence-corrected chi connectivity index (χ4v) is 0.633. The lowest BCUT2D eigenvalue weighted by molar-refractivity contribution is 0.191. The van der Waals surface area contributed by atoms with E-state index >= 15 is 0 Å². The van der Waals surface area contributed by atoms with Crippen LogP contribution in [0.4, 0.5) is 0 Å². The van der Waals surface area contributed by atoms with Gasteiger partial charge in [0.2, 0.25) is 0 Å². The maximum Gasteiger partial charge on any atom is 0.0587 e. The van der Waals surface area contributed by atoms with Crippen LogP contribution in [0.5, 0.6) is 0 Å². The maximum atomic E-state index is 5.67. The molecule has 0 saturated carbocycles. The van der Waals surface area contributed by atoms with Gasteiger partial charge in [0.05, 0.1) is 6.61 Å². The summed E-state index contributed by atoms with van der Waals surface area (Å²) in [5.41, 5.74) is 0.0279. The summed E-state index contributed by atoms with van der Waals surface area (Å²) in [6, 6.07) is 0. The van der Waals surface area contributed by atoms with Gasteiger partial charge in [0.1, 0.15) is 0 Å². The molecule has 0 fully saturated rings. The highest BCUT2D eigenvalue weighted by Crippen LogP contribution is 2.02. The fourth-order valence-electron chi connectivity index (χ4n) is 0.539. The highest BCUT2D eigenvalue weighted by atomic mass is 35.5. The van der Waals surface area contributed by atoms with Gasteiger partial charge in [0, 0.05) is 25.1 Å².